The average molecular weight is 414 g/mol. The summed E-state index contributed by atoms with van der Waals surface area (Å²) in [5.74, 6) is 1.57. The van der Waals surface area contributed by atoms with Crippen LogP contribution in [0.4, 0.5) is 11.4 Å². The summed E-state index contributed by atoms with van der Waals surface area (Å²) in [6.07, 6.45) is 2.40. The summed E-state index contributed by atoms with van der Waals surface area (Å²) in [6.45, 7) is 2.88. The largest absolute Gasteiger partial charge is 0.493 e. The highest BCUT2D eigenvalue weighted by molar-refractivity contribution is 7.80. The predicted octanol–water partition coefficient (Wildman–Crippen LogP) is 4.27. The first-order valence-corrected chi connectivity index (χ1v) is 10.2. The molecule has 0 saturated carbocycles. The van der Waals surface area contributed by atoms with Gasteiger partial charge in [0.05, 0.1) is 20.3 Å². The number of benzene rings is 2. The lowest BCUT2D eigenvalue weighted by Gasteiger charge is -2.21. The molecular formula is C22H27N3O3S. The molecule has 0 radical (unpaired) electrons. The molecule has 1 saturated heterocycles. The van der Waals surface area contributed by atoms with Crippen LogP contribution in [0.15, 0.2) is 42.5 Å². The molecule has 1 aliphatic rings. The summed E-state index contributed by atoms with van der Waals surface area (Å²) in [7, 11) is 3.25. The zero-order valence-electron chi connectivity index (χ0n) is 17.0. The Bertz CT molecular complexity index is 870. The van der Waals surface area contributed by atoms with Gasteiger partial charge >= 0.3 is 0 Å². The average Bonchev–Trinajstić information content (AvgIpc) is 3.18. The van der Waals surface area contributed by atoms with Gasteiger partial charge in [-0.1, -0.05) is 13.0 Å². The number of rotatable bonds is 7. The van der Waals surface area contributed by atoms with Crippen LogP contribution >= 0.6 is 12.2 Å². The second-order valence-electron chi connectivity index (χ2n) is 6.87. The molecule has 1 unspecified atom stereocenters. The lowest BCUT2D eigenvalue weighted by atomic mass is 10.0. The number of thiocarbonyl (C=S) groups is 1. The van der Waals surface area contributed by atoms with Gasteiger partial charge in [0.25, 0.3) is 0 Å². The molecule has 154 valence electrons. The first-order chi connectivity index (χ1) is 14.0. The van der Waals surface area contributed by atoms with E-state index in [1.54, 1.807) is 14.2 Å². The highest BCUT2D eigenvalue weighted by Gasteiger charge is 2.21. The quantitative estimate of drug-likeness (QED) is 0.661. The van der Waals surface area contributed by atoms with Crippen LogP contribution in [0.3, 0.4) is 0 Å². The number of amides is 1. The third-order valence-corrected chi connectivity index (χ3v) is 5.25. The molecule has 1 fully saturated rings. The van der Waals surface area contributed by atoms with Gasteiger partial charge in [0.2, 0.25) is 5.91 Å². The third-order valence-electron chi connectivity index (χ3n) is 5.03. The predicted molar refractivity (Wildman–Crippen MR) is 120 cm³/mol. The summed E-state index contributed by atoms with van der Waals surface area (Å²) in [6, 6.07) is 13.7. The molecule has 1 amide bonds. The fraction of sp³-hybridized carbons (Fsp3) is 0.364. The molecule has 2 aromatic rings. The van der Waals surface area contributed by atoms with E-state index in [2.05, 4.69) is 17.6 Å². The summed E-state index contributed by atoms with van der Waals surface area (Å²) in [4.78, 5) is 13.7. The highest BCUT2D eigenvalue weighted by atomic mass is 32.1. The second-order valence-corrected chi connectivity index (χ2v) is 7.28. The molecule has 1 heterocycles. The van der Waals surface area contributed by atoms with Gasteiger partial charge in [-0.3, -0.25) is 4.79 Å². The number of nitrogens with zero attached hydrogens (tertiary/aromatic N) is 1. The maximum atomic E-state index is 11.9. The minimum absolute atomic E-state index is 0.0382. The maximum absolute atomic E-state index is 11.9. The molecule has 6 nitrogen and oxygen atoms in total. The molecule has 3 rings (SSSR count). The van der Waals surface area contributed by atoms with E-state index < -0.39 is 0 Å². The van der Waals surface area contributed by atoms with E-state index in [-0.39, 0.29) is 11.9 Å². The number of ether oxygens (including phenoxy) is 2. The molecule has 0 aromatic heterocycles. The Labute approximate surface area is 177 Å². The van der Waals surface area contributed by atoms with Crippen LogP contribution in [0, 0.1) is 0 Å². The van der Waals surface area contributed by atoms with Crippen molar-refractivity contribution in [1.29, 1.82) is 0 Å². The number of hydrogen-bond acceptors (Lipinski definition) is 4. The van der Waals surface area contributed by atoms with Crippen LogP contribution in [0.5, 0.6) is 11.5 Å². The Morgan fingerprint density at radius 3 is 2.45 bits per heavy atom. The summed E-state index contributed by atoms with van der Waals surface area (Å²) >= 11 is 5.50. The fourth-order valence-corrected chi connectivity index (χ4v) is 3.72. The van der Waals surface area contributed by atoms with Gasteiger partial charge in [-0.2, -0.15) is 0 Å². The van der Waals surface area contributed by atoms with Crippen molar-refractivity contribution in [2.75, 3.05) is 31.0 Å². The zero-order valence-corrected chi connectivity index (χ0v) is 17.8. The summed E-state index contributed by atoms with van der Waals surface area (Å²) in [5, 5.41) is 7.11. The molecule has 7 heteroatoms. The summed E-state index contributed by atoms with van der Waals surface area (Å²) < 4.78 is 10.7. The fourth-order valence-electron chi connectivity index (χ4n) is 3.46. The normalized spacial score (nSPS) is 14.4. The number of methoxy groups -OCH3 is 2. The van der Waals surface area contributed by atoms with Gasteiger partial charge in [0.15, 0.2) is 16.6 Å². The first kappa shape index (κ1) is 20.9. The Morgan fingerprint density at radius 2 is 1.86 bits per heavy atom. The van der Waals surface area contributed by atoms with Gasteiger partial charge < -0.3 is 25.0 Å². The van der Waals surface area contributed by atoms with E-state index in [9.17, 15) is 4.79 Å². The number of hydrogen-bond donors (Lipinski definition) is 2. The van der Waals surface area contributed by atoms with Crippen molar-refractivity contribution in [3.63, 3.8) is 0 Å². The minimum atomic E-state index is 0.0382. The van der Waals surface area contributed by atoms with Gasteiger partial charge in [0.1, 0.15) is 0 Å². The zero-order chi connectivity index (χ0) is 20.8. The van der Waals surface area contributed by atoms with Gasteiger partial charge in [-0.25, -0.2) is 0 Å². The van der Waals surface area contributed by atoms with Gasteiger partial charge in [-0.15, -0.1) is 0 Å². The molecular weight excluding hydrogens is 386 g/mol. The van der Waals surface area contributed by atoms with Crippen molar-refractivity contribution >= 4 is 34.6 Å². The van der Waals surface area contributed by atoms with E-state index >= 15 is 0 Å². The highest BCUT2D eigenvalue weighted by Crippen LogP contribution is 2.31. The first-order valence-electron chi connectivity index (χ1n) is 9.75. The SMILES string of the molecule is CCC(NC(=S)Nc1ccc(N2CCCC2=O)cc1)c1ccc(OC)c(OC)c1. The van der Waals surface area contributed by atoms with Crippen molar-refractivity contribution in [1.82, 2.24) is 5.32 Å². The summed E-state index contributed by atoms with van der Waals surface area (Å²) in [5.41, 5.74) is 2.87. The Hall–Kier alpha value is -2.80. The van der Waals surface area contributed by atoms with Gasteiger partial charge in [-0.05, 0) is 67.0 Å². The van der Waals surface area contributed by atoms with Crippen LogP contribution < -0.4 is 25.0 Å². The lowest BCUT2D eigenvalue weighted by Crippen LogP contribution is -2.32. The second kappa shape index (κ2) is 9.60. The molecule has 2 aromatic carbocycles. The molecule has 2 N–H and O–H groups in total. The van der Waals surface area contributed by atoms with Crippen LogP contribution in [-0.4, -0.2) is 31.8 Å². The monoisotopic (exact) mass is 413 g/mol. The number of carbonyl (C=O) groups excluding carboxylic acids is 1. The number of carbonyl (C=O) groups is 1. The number of nitrogens with one attached hydrogen (secondary N) is 2. The Balaban J connectivity index is 1.63. The van der Waals surface area contributed by atoms with Crippen LogP contribution in [0.25, 0.3) is 0 Å². The molecule has 1 atom stereocenters. The van der Waals surface area contributed by atoms with Crippen LogP contribution in [0.2, 0.25) is 0 Å². The Kier molecular flexibility index (Phi) is 6.93. The minimum Gasteiger partial charge on any atom is -0.493 e. The van der Waals surface area contributed by atoms with Crippen molar-refractivity contribution < 1.29 is 14.3 Å². The van der Waals surface area contributed by atoms with Crippen molar-refractivity contribution in [3.8, 4) is 11.5 Å². The molecule has 0 bridgehead atoms. The standard InChI is InChI=1S/C22H27N3O3S/c1-4-18(15-7-12-19(27-2)20(14-15)28-3)24-22(29)23-16-8-10-17(11-9-16)25-13-5-6-21(25)26/h7-12,14,18H,4-6,13H2,1-3H3,(H2,23,24,29). The van der Waals surface area contributed by atoms with E-state index in [0.29, 0.717) is 23.0 Å². The van der Waals surface area contributed by atoms with E-state index in [1.807, 2.05) is 47.4 Å². The van der Waals surface area contributed by atoms with Crippen molar-refractivity contribution in [3.05, 3.63) is 48.0 Å². The van der Waals surface area contributed by atoms with Crippen LogP contribution in [0.1, 0.15) is 37.8 Å². The topological polar surface area (TPSA) is 62.8 Å². The maximum Gasteiger partial charge on any atom is 0.227 e. The van der Waals surface area contributed by atoms with Crippen molar-refractivity contribution in [2.45, 2.75) is 32.2 Å². The van der Waals surface area contributed by atoms with E-state index in [4.69, 9.17) is 21.7 Å². The lowest BCUT2D eigenvalue weighted by molar-refractivity contribution is -0.117. The molecule has 29 heavy (non-hydrogen) atoms. The molecule has 1 aliphatic heterocycles. The van der Waals surface area contributed by atoms with E-state index in [1.165, 1.54) is 0 Å². The third kappa shape index (κ3) is 4.98. The Morgan fingerprint density at radius 1 is 1.14 bits per heavy atom. The molecule has 0 aliphatic carbocycles. The van der Waals surface area contributed by atoms with E-state index in [0.717, 1.165) is 36.3 Å². The van der Waals surface area contributed by atoms with Crippen molar-refractivity contribution in [2.24, 2.45) is 0 Å². The number of anilines is 2. The van der Waals surface area contributed by atoms with Gasteiger partial charge in [0, 0.05) is 24.3 Å². The van der Waals surface area contributed by atoms with Crippen LogP contribution in [-0.2, 0) is 4.79 Å². The molecule has 0 spiro atoms. The smallest absolute Gasteiger partial charge is 0.227 e.